The first-order valence-corrected chi connectivity index (χ1v) is 9.03. The van der Waals surface area contributed by atoms with Crippen molar-refractivity contribution >= 4 is 23.1 Å². The Kier molecular flexibility index (Phi) is 5.64. The molecule has 1 amide bonds. The number of fused-ring (bicyclic) bond motifs is 1. The van der Waals surface area contributed by atoms with Crippen LogP contribution in [0.3, 0.4) is 0 Å². The van der Waals surface area contributed by atoms with Gasteiger partial charge in [-0.1, -0.05) is 38.1 Å². The number of carbonyl (C=O) groups is 2. The number of hydrogen-bond donors (Lipinski definition) is 2. The quantitative estimate of drug-likeness (QED) is 0.573. The molecule has 3 N–H and O–H groups in total. The number of hydrogen-bond acceptors (Lipinski definition) is 5. The highest BCUT2D eigenvalue weighted by Crippen LogP contribution is 2.38. The van der Waals surface area contributed by atoms with E-state index in [1.165, 1.54) is 5.56 Å². The number of nitrogens with one attached hydrogen (secondary N) is 1. The molecule has 6 heteroatoms. The van der Waals surface area contributed by atoms with Crippen LogP contribution in [0.2, 0.25) is 0 Å². The zero-order valence-electron chi connectivity index (χ0n) is 15.6. The average molecular weight is 368 g/mol. The van der Waals surface area contributed by atoms with E-state index in [9.17, 15) is 9.59 Å². The number of ether oxygens (including phenoxy) is 2. The molecule has 1 aliphatic heterocycles. The Morgan fingerprint density at radius 3 is 2.41 bits per heavy atom. The second-order valence-electron chi connectivity index (χ2n) is 7.06. The molecule has 6 nitrogen and oxygen atoms in total. The summed E-state index contributed by atoms with van der Waals surface area (Å²) in [5.74, 6) is 1.34. The average Bonchev–Trinajstić information content (AvgIpc) is 3.07. The zero-order chi connectivity index (χ0) is 19.4. The molecule has 1 heterocycles. The topological polar surface area (TPSA) is 90.7 Å². The fraction of sp³-hybridized carbons (Fsp3) is 0.333. The minimum Gasteiger partial charge on any atom is -0.454 e. The van der Waals surface area contributed by atoms with Crippen molar-refractivity contribution in [2.24, 2.45) is 5.92 Å². The van der Waals surface area contributed by atoms with E-state index >= 15 is 0 Å². The van der Waals surface area contributed by atoms with Crippen LogP contribution in [0.1, 0.15) is 42.6 Å². The maximum Gasteiger partial charge on any atom is 0.231 e. The fourth-order valence-corrected chi connectivity index (χ4v) is 2.95. The molecule has 0 saturated heterocycles. The molecule has 0 spiro atoms. The lowest BCUT2D eigenvalue weighted by molar-refractivity contribution is -0.116. The molecule has 0 aromatic heterocycles. The van der Waals surface area contributed by atoms with E-state index in [0.29, 0.717) is 34.4 Å². The van der Waals surface area contributed by atoms with E-state index < -0.39 is 0 Å². The van der Waals surface area contributed by atoms with Gasteiger partial charge in [0, 0.05) is 30.5 Å². The van der Waals surface area contributed by atoms with Gasteiger partial charge in [-0.05, 0) is 17.9 Å². The smallest absolute Gasteiger partial charge is 0.231 e. The van der Waals surface area contributed by atoms with Crippen molar-refractivity contribution in [3.05, 3.63) is 47.5 Å². The first-order chi connectivity index (χ1) is 12.9. The standard InChI is InChI=1S/C21H24N2O4/c1-13(2)9-14-3-5-15(6-4-14)18(24)7-8-21(25)23-17-11-20-19(10-16(17)22)26-12-27-20/h3-6,10-11,13H,7-9,12,22H2,1-2H3,(H,23,25). The molecule has 0 unspecified atom stereocenters. The molecule has 0 radical (unpaired) electrons. The van der Waals surface area contributed by atoms with Gasteiger partial charge in [0.1, 0.15) is 0 Å². The van der Waals surface area contributed by atoms with Crippen molar-refractivity contribution in [3.8, 4) is 11.5 Å². The van der Waals surface area contributed by atoms with Gasteiger partial charge in [0.2, 0.25) is 12.7 Å². The summed E-state index contributed by atoms with van der Waals surface area (Å²) in [5, 5.41) is 2.73. The molecule has 0 saturated carbocycles. The highest BCUT2D eigenvalue weighted by atomic mass is 16.7. The summed E-state index contributed by atoms with van der Waals surface area (Å²) in [6.07, 6.45) is 1.20. The minimum atomic E-state index is -0.273. The minimum absolute atomic E-state index is 0.0556. The van der Waals surface area contributed by atoms with E-state index in [1.54, 1.807) is 12.1 Å². The number of rotatable bonds is 7. The molecule has 27 heavy (non-hydrogen) atoms. The summed E-state index contributed by atoms with van der Waals surface area (Å²) in [7, 11) is 0. The van der Waals surface area contributed by atoms with Crippen molar-refractivity contribution in [1.82, 2.24) is 0 Å². The molecule has 142 valence electrons. The first-order valence-electron chi connectivity index (χ1n) is 9.03. The molecule has 1 aliphatic rings. The van der Waals surface area contributed by atoms with E-state index in [0.717, 1.165) is 6.42 Å². The summed E-state index contributed by atoms with van der Waals surface area (Å²) in [6, 6.07) is 10.8. The van der Waals surface area contributed by atoms with Crippen LogP contribution in [0.5, 0.6) is 11.5 Å². The zero-order valence-corrected chi connectivity index (χ0v) is 15.6. The van der Waals surface area contributed by atoms with Gasteiger partial charge in [-0.15, -0.1) is 0 Å². The molecule has 3 rings (SSSR count). The van der Waals surface area contributed by atoms with Crippen molar-refractivity contribution in [2.45, 2.75) is 33.1 Å². The molecule has 0 fully saturated rings. The number of amides is 1. The Labute approximate surface area is 158 Å². The number of ketones is 1. The third-order valence-electron chi connectivity index (χ3n) is 4.32. The molecular formula is C21H24N2O4. The maximum atomic E-state index is 12.3. The molecule has 2 aromatic carbocycles. The third-order valence-corrected chi connectivity index (χ3v) is 4.32. The fourth-order valence-electron chi connectivity index (χ4n) is 2.95. The number of nitrogens with two attached hydrogens (primary N) is 1. The van der Waals surface area contributed by atoms with Crippen LogP contribution in [0.25, 0.3) is 0 Å². The lowest BCUT2D eigenvalue weighted by Crippen LogP contribution is -2.14. The van der Waals surface area contributed by atoms with E-state index in [-0.39, 0.29) is 31.3 Å². The van der Waals surface area contributed by atoms with Gasteiger partial charge >= 0.3 is 0 Å². The maximum absolute atomic E-state index is 12.3. The summed E-state index contributed by atoms with van der Waals surface area (Å²) in [4.78, 5) is 24.5. The Hall–Kier alpha value is -3.02. The monoisotopic (exact) mass is 368 g/mol. The van der Waals surface area contributed by atoms with Gasteiger partial charge < -0.3 is 20.5 Å². The number of nitrogen functional groups attached to an aromatic ring is 1. The normalized spacial score (nSPS) is 12.3. The lowest BCUT2D eigenvalue weighted by atomic mass is 9.99. The van der Waals surface area contributed by atoms with Gasteiger partial charge in [0.15, 0.2) is 17.3 Å². The Balaban J connectivity index is 1.54. The largest absolute Gasteiger partial charge is 0.454 e. The predicted octanol–water partition coefficient (Wildman–Crippen LogP) is 3.80. The van der Waals surface area contributed by atoms with Gasteiger partial charge in [-0.3, -0.25) is 9.59 Å². The van der Waals surface area contributed by atoms with Gasteiger partial charge in [-0.25, -0.2) is 0 Å². The predicted molar refractivity (Wildman–Crippen MR) is 104 cm³/mol. The van der Waals surface area contributed by atoms with Crippen molar-refractivity contribution in [1.29, 1.82) is 0 Å². The SMILES string of the molecule is CC(C)Cc1ccc(C(=O)CCC(=O)Nc2cc3c(cc2N)OCO3)cc1. The van der Waals surface area contributed by atoms with Gasteiger partial charge in [0.05, 0.1) is 11.4 Å². The highest BCUT2D eigenvalue weighted by Gasteiger charge is 2.17. The van der Waals surface area contributed by atoms with Crippen molar-refractivity contribution in [2.75, 3.05) is 17.8 Å². The van der Waals surface area contributed by atoms with E-state index in [2.05, 4.69) is 19.2 Å². The number of anilines is 2. The van der Waals surface area contributed by atoms with Gasteiger partial charge in [-0.2, -0.15) is 0 Å². The summed E-state index contributed by atoms with van der Waals surface area (Å²) >= 11 is 0. The second-order valence-corrected chi connectivity index (χ2v) is 7.06. The molecule has 0 bridgehead atoms. The van der Waals surface area contributed by atoms with Crippen LogP contribution < -0.4 is 20.5 Å². The Morgan fingerprint density at radius 1 is 1.07 bits per heavy atom. The number of Topliss-reactive ketones (excluding diaryl/α,β-unsaturated/α-hetero) is 1. The van der Waals surface area contributed by atoms with Crippen molar-refractivity contribution in [3.63, 3.8) is 0 Å². The van der Waals surface area contributed by atoms with Crippen LogP contribution in [-0.2, 0) is 11.2 Å². The molecule has 2 aromatic rings. The lowest BCUT2D eigenvalue weighted by Gasteiger charge is -2.09. The number of benzene rings is 2. The van der Waals surface area contributed by atoms with E-state index in [1.807, 2.05) is 24.3 Å². The van der Waals surface area contributed by atoms with E-state index in [4.69, 9.17) is 15.2 Å². The Morgan fingerprint density at radius 2 is 1.74 bits per heavy atom. The first kappa shape index (κ1) is 18.8. The summed E-state index contributed by atoms with van der Waals surface area (Å²) < 4.78 is 10.5. The van der Waals surface area contributed by atoms with Crippen molar-refractivity contribution < 1.29 is 19.1 Å². The van der Waals surface area contributed by atoms with Crippen LogP contribution in [-0.4, -0.2) is 18.5 Å². The number of carbonyl (C=O) groups excluding carboxylic acids is 2. The van der Waals surface area contributed by atoms with Gasteiger partial charge in [0.25, 0.3) is 0 Å². The summed E-state index contributed by atoms with van der Waals surface area (Å²) in [5.41, 5.74) is 8.59. The second kappa shape index (κ2) is 8.12. The Bertz CT molecular complexity index is 844. The highest BCUT2D eigenvalue weighted by molar-refractivity contribution is 6.01. The third kappa shape index (κ3) is 4.78. The van der Waals surface area contributed by atoms with Crippen LogP contribution in [0, 0.1) is 5.92 Å². The van der Waals surface area contributed by atoms with Crippen LogP contribution in [0.15, 0.2) is 36.4 Å². The van der Waals surface area contributed by atoms with Crippen LogP contribution in [0.4, 0.5) is 11.4 Å². The molecule has 0 aliphatic carbocycles. The summed E-state index contributed by atoms with van der Waals surface area (Å²) in [6.45, 7) is 4.45. The molecule has 0 atom stereocenters. The van der Waals surface area contributed by atoms with Crippen LogP contribution >= 0.6 is 0 Å². The molecular weight excluding hydrogens is 344 g/mol.